The van der Waals surface area contributed by atoms with E-state index in [-0.39, 0.29) is 17.3 Å². The van der Waals surface area contributed by atoms with E-state index in [0.717, 1.165) is 5.56 Å². The molecule has 0 fully saturated rings. The summed E-state index contributed by atoms with van der Waals surface area (Å²) in [6, 6.07) is 6.09. The fourth-order valence-electron chi connectivity index (χ4n) is 1.72. The number of benzene rings is 1. The van der Waals surface area contributed by atoms with Crippen molar-refractivity contribution in [2.24, 2.45) is 5.14 Å². The zero-order valence-electron chi connectivity index (χ0n) is 14.0. The number of hydrogen-bond acceptors (Lipinski definition) is 5. The van der Waals surface area contributed by atoms with Gasteiger partial charge >= 0.3 is 6.09 Å². The predicted molar refractivity (Wildman–Crippen MR) is 88.8 cm³/mol. The van der Waals surface area contributed by atoms with Gasteiger partial charge in [0.25, 0.3) is 0 Å². The van der Waals surface area contributed by atoms with Crippen molar-refractivity contribution in [2.75, 3.05) is 13.1 Å². The summed E-state index contributed by atoms with van der Waals surface area (Å²) in [4.78, 5) is 23.0. The average Bonchev–Trinajstić information content (AvgIpc) is 2.43. The molecule has 0 radical (unpaired) electrons. The first-order chi connectivity index (χ1) is 11.0. The maximum Gasteiger partial charge on any atom is 0.408 e. The number of ether oxygens (including phenoxy) is 1. The van der Waals surface area contributed by atoms with Gasteiger partial charge in [0.2, 0.25) is 15.9 Å². The standard InChI is InChI=1S/C15H23N3O5S/c1-15(2,3)23-14(20)18-10-13(19)17-9-8-11-4-6-12(7-5-11)24(16,21)22/h4-7H,8-10H2,1-3H3,(H,17,19)(H,18,20)(H2,16,21,22). The van der Waals surface area contributed by atoms with E-state index in [1.807, 2.05) is 0 Å². The van der Waals surface area contributed by atoms with Gasteiger partial charge in [-0.3, -0.25) is 4.79 Å². The molecular weight excluding hydrogens is 334 g/mol. The Kier molecular flexibility index (Phi) is 6.73. The van der Waals surface area contributed by atoms with Gasteiger partial charge in [-0.15, -0.1) is 0 Å². The molecule has 1 aromatic carbocycles. The maximum atomic E-state index is 11.6. The van der Waals surface area contributed by atoms with Crippen LogP contribution in [0, 0.1) is 0 Å². The Balaban J connectivity index is 2.32. The molecule has 2 amide bonds. The van der Waals surface area contributed by atoms with Crippen LogP contribution in [0.25, 0.3) is 0 Å². The van der Waals surface area contributed by atoms with Crippen molar-refractivity contribution in [3.8, 4) is 0 Å². The molecule has 1 rings (SSSR count). The molecule has 4 N–H and O–H groups in total. The Bertz CT molecular complexity index is 678. The molecule has 0 saturated heterocycles. The zero-order chi connectivity index (χ0) is 18.4. The van der Waals surface area contributed by atoms with Crippen LogP contribution in [-0.4, -0.2) is 39.1 Å². The Labute approximate surface area is 141 Å². The van der Waals surface area contributed by atoms with Gasteiger partial charge in [0, 0.05) is 6.54 Å². The summed E-state index contributed by atoms with van der Waals surface area (Å²) in [7, 11) is -3.70. The van der Waals surface area contributed by atoms with E-state index in [9.17, 15) is 18.0 Å². The second kappa shape index (κ2) is 8.11. The lowest BCUT2D eigenvalue weighted by Crippen LogP contribution is -2.40. The minimum Gasteiger partial charge on any atom is -0.444 e. The van der Waals surface area contributed by atoms with Crippen molar-refractivity contribution in [3.63, 3.8) is 0 Å². The quantitative estimate of drug-likeness (QED) is 0.684. The molecule has 0 unspecified atom stereocenters. The van der Waals surface area contributed by atoms with Crippen LogP contribution >= 0.6 is 0 Å². The third-order valence-corrected chi connectivity index (χ3v) is 3.71. The number of amides is 2. The highest BCUT2D eigenvalue weighted by atomic mass is 32.2. The summed E-state index contributed by atoms with van der Waals surface area (Å²) in [5.74, 6) is -0.345. The number of carbonyl (C=O) groups is 2. The van der Waals surface area contributed by atoms with Gasteiger partial charge in [0.05, 0.1) is 11.4 Å². The monoisotopic (exact) mass is 357 g/mol. The summed E-state index contributed by atoms with van der Waals surface area (Å²) in [5, 5.41) is 10.0. The lowest BCUT2D eigenvalue weighted by molar-refractivity contribution is -0.120. The molecule has 0 atom stereocenters. The predicted octanol–water partition coefficient (Wildman–Crippen LogP) is 0.517. The summed E-state index contributed by atoms with van der Waals surface area (Å²) in [6.45, 7) is 5.36. The highest BCUT2D eigenvalue weighted by Gasteiger charge is 2.16. The molecule has 0 bridgehead atoms. The van der Waals surface area contributed by atoms with E-state index < -0.39 is 21.7 Å². The highest BCUT2D eigenvalue weighted by Crippen LogP contribution is 2.09. The van der Waals surface area contributed by atoms with Crippen molar-refractivity contribution in [3.05, 3.63) is 29.8 Å². The van der Waals surface area contributed by atoms with E-state index in [2.05, 4.69) is 10.6 Å². The molecule has 0 heterocycles. The van der Waals surface area contributed by atoms with Crippen LogP contribution in [0.5, 0.6) is 0 Å². The van der Waals surface area contributed by atoms with E-state index in [1.165, 1.54) is 12.1 Å². The first-order valence-corrected chi connectivity index (χ1v) is 8.87. The van der Waals surface area contributed by atoms with Gasteiger partial charge in [-0.05, 0) is 44.9 Å². The van der Waals surface area contributed by atoms with Crippen LogP contribution < -0.4 is 15.8 Å². The normalized spacial score (nSPS) is 11.7. The molecule has 0 spiro atoms. The third kappa shape index (κ3) is 7.93. The van der Waals surface area contributed by atoms with Gasteiger partial charge in [-0.2, -0.15) is 0 Å². The van der Waals surface area contributed by atoms with Crippen molar-refractivity contribution in [1.82, 2.24) is 10.6 Å². The molecule has 0 aliphatic carbocycles. The number of hydrogen-bond donors (Lipinski definition) is 3. The second-order valence-electron chi connectivity index (χ2n) is 6.14. The van der Waals surface area contributed by atoms with E-state index in [1.54, 1.807) is 32.9 Å². The fraction of sp³-hybridized carbons (Fsp3) is 0.467. The molecule has 134 valence electrons. The molecule has 0 saturated carbocycles. The van der Waals surface area contributed by atoms with Gasteiger partial charge in [0.15, 0.2) is 0 Å². The van der Waals surface area contributed by atoms with E-state index in [0.29, 0.717) is 13.0 Å². The summed E-state index contributed by atoms with van der Waals surface area (Å²) < 4.78 is 27.3. The fourth-order valence-corrected chi connectivity index (χ4v) is 2.24. The number of nitrogens with one attached hydrogen (secondary N) is 2. The molecule has 0 aliphatic rings. The Hall–Kier alpha value is -2.13. The van der Waals surface area contributed by atoms with Crippen LogP contribution in [0.4, 0.5) is 4.79 Å². The van der Waals surface area contributed by atoms with Crippen LogP contribution in [-0.2, 0) is 26.0 Å². The summed E-state index contributed by atoms with van der Waals surface area (Å²) >= 11 is 0. The maximum absolute atomic E-state index is 11.6. The molecule has 0 aliphatic heterocycles. The number of alkyl carbamates (subject to hydrolysis) is 1. The average molecular weight is 357 g/mol. The van der Waals surface area contributed by atoms with E-state index in [4.69, 9.17) is 9.88 Å². The van der Waals surface area contributed by atoms with Crippen LogP contribution in [0.3, 0.4) is 0 Å². The van der Waals surface area contributed by atoms with Gasteiger partial charge in [0.1, 0.15) is 5.60 Å². The zero-order valence-corrected chi connectivity index (χ0v) is 14.8. The van der Waals surface area contributed by atoms with Crippen molar-refractivity contribution < 1.29 is 22.7 Å². The minimum atomic E-state index is -3.70. The first kappa shape index (κ1) is 19.9. The highest BCUT2D eigenvalue weighted by molar-refractivity contribution is 7.89. The lowest BCUT2D eigenvalue weighted by atomic mass is 10.1. The number of carbonyl (C=O) groups excluding carboxylic acids is 2. The van der Waals surface area contributed by atoms with Crippen LogP contribution in [0.2, 0.25) is 0 Å². The van der Waals surface area contributed by atoms with Crippen LogP contribution in [0.15, 0.2) is 29.2 Å². The SMILES string of the molecule is CC(C)(C)OC(=O)NCC(=O)NCCc1ccc(S(N)(=O)=O)cc1. The number of sulfonamides is 1. The molecular formula is C15H23N3O5S. The largest absolute Gasteiger partial charge is 0.444 e. The Morgan fingerprint density at radius 3 is 2.21 bits per heavy atom. The third-order valence-electron chi connectivity index (χ3n) is 2.78. The molecule has 0 aromatic heterocycles. The van der Waals surface area contributed by atoms with Gasteiger partial charge in [-0.25, -0.2) is 18.4 Å². The topological polar surface area (TPSA) is 128 Å². The molecule has 8 nitrogen and oxygen atoms in total. The Morgan fingerprint density at radius 2 is 1.71 bits per heavy atom. The molecule has 1 aromatic rings. The smallest absolute Gasteiger partial charge is 0.408 e. The summed E-state index contributed by atoms with van der Waals surface area (Å²) in [5.41, 5.74) is 0.229. The van der Waals surface area contributed by atoms with Crippen molar-refractivity contribution in [1.29, 1.82) is 0 Å². The van der Waals surface area contributed by atoms with Gasteiger partial charge in [-0.1, -0.05) is 12.1 Å². The minimum absolute atomic E-state index is 0.0387. The summed E-state index contributed by atoms with van der Waals surface area (Å²) in [6.07, 6.45) is -0.139. The number of nitrogens with two attached hydrogens (primary N) is 1. The molecule has 9 heteroatoms. The van der Waals surface area contributed by atoms with Gasteiger partial charge < -0.3 is 15.4 Å². The van der Waals surface area contributed by atoms with Crippen LogP contribution in [0.1, 0.15) is 26.3 Å². The van der Waals surface area contributed by atoms with Crippen molar-refractivity contribution >= 4 is 22.0 Å². The second-order valence-corrected chi connectivity index (χ2v) is 7.71. The Morgan fingerprint density at radius 1 is 1.12 bits per heavy atom. The van der Waals surface area contributed by atoms with Crippen molar-refractivity contribution in [2.45, 2.75) is 37.7 Å². The lowest BCUT2D eigenvalue weighted by Gasteiger charge is -2.19. The molecule has 24 heavy (non-hydrogen) atoms. The number of primary sulfonamides is 1. The first-order valence-electron chi connectivity index (χ1n) is 7.33. The number of rotatable bonds is 6. The van der Waals surface area contributed by atoms with E-state index >= 15 is 0 Å².